The van der Waals surface area contributed by atoms with Crippen molar-refractivity contribution in [2.75, 3.05) is 6.54 Å². The largest absolute Gasteiger partial charge is 0.330 e. The predicted molar refractivity (Wildman–Crippen MR) is 78.3 cm³/mol. The fraction of sp³-hybridized carbons (Fsp3) is 0.400. The molecule has 0 saturated heterocycles. The standard InChI is InChI=1S/C15H20N2S/c1-10-4-11(2)6-13(5-10)7-14-9-17-15(18-14)12(3)8-16/h4-6,9,12H,7-8,16H2,1-3H3. The highest BCUT2D eigenvalue weighted by molar-refractivity contribution is 7.11. The van der Waals surface area contributed by atoms with Crippen molar-refractivity contribution in [2.45, 2.75) is 33.1 Å². The number of hydrogen-bond donors (Lipinski definition) is 1. The molecule has 1 aromatic carbocycles. The van der Waals surface area contributed by atoms with E-state index in [9.17, 15) is 0 Å². The Morgan fingerprint density at radius 3 is 2.50 bits per heavy atom. The van der Waals surface area contributed by atoms with Crippen LogP contribution >= 0.6 is 11.3 Å². The summed E-state index contributed by atoms with van der Waals surface area (Å²) in [6.45, 7) is 7.08. The lowest BCUT2D eigenvalue weighted by molar-refractivity contribution is 0.766. The Kier molecular flexibility index (Phi) is 4.15. The van der Waals surface area contributed by atoms with E-state index in [4.69, 9.17) is 5.73 Å². The third-order valence-electron chi connectivity index (χ3n) is 3.01. The van der Waals surface area contributed by atoms with Gasteiger partial charge in [0.2, 0.25) is 0 Å². The van der Waals surface area contributed by atoms with Crippen LogP contribution < -0.4 is 5.73 Å². The summed E-state index contributed by atoms with van der Waals surface area (Å²) in [5.41, 5.74) is 9.68. The number of nitrogens with two attached hydrogens (primary N) is 1. The molecule has 3 heteroatoms. The van der Waals surface area contributed by atoms with Gasteiger partial charge in [0.25, 0.3) is 0 Å². The van der Waals surface area contributed by atoms with E-state index >= 15 is 0 Å². The van der Waals surface area contributed by atoms with Gasteiger partial charge in [-0.1, -0.05) is 36.2 Å². The smallest absolute Gasteiger partial charge is 0.0968 e. The molecule has 0 aliphatic carbocycles. The third kappa shape index (κ3) is 3.18. The van der Waals surface area contributed by atoms with Gasteiger partial charge < -0.3 is 5.73 Å². The predicted octanol–water partition coefficient (Wildman–Crippen LogP) is 3.41. The van der Waals surface area contributed by atoms with Gasteiger partial charge >= 0.3 is 0 Å². The van der Waals surface area contributed by atoms with Gasteiger partial charge in [-0.2, -0.15) is 0 Å². The lowest BCUT2D eigenvalue weighted by Gasteiger charge is -2.04. The van der Waals surface area contributed by atoms with E-state index < -0.39 is 0 Å². The summed E-state index contributed by atoms with van der Waals surface area (Å²) in [5, 5.41) is 1.15. The lowest BCUT2D eigenvalue weighted by Crippen LogP contribution is -2.08. The van der Waals surface area contributed by atoms with Crippen LogP contribution in [0, 0.1) is 13.8 Å². The number of hydrogen-bond acceptors (Lipinski definition) is 3. The van der Waals surface area contributed by atoms with Gasteiger partial charge in [-0.15, -0.1) is 11.3 Å². The van der Waals surface area contributed by atoms with E-state index in [1.54, 1.807) is 11.3 Å². The van der Waals surface area contributed by atoms with Gasteiger partial charge in [-0.3, -0.25) is 0 Å². The molecule has 0 fully saturated rings. The number of aromatic nitrogens is 1. The SMILES string of the molecule is Cc1cc(C)cc(Cc2cnc(C(C)CN)s2)c1. The van der Waals surface area contributed by atoms with Crippen molar-refractivity contribution < 1.29 is 0 Å². The molecule has 1 heterocycles. The second-order valence-corrected chi connectivity index (χ2v) is 6.12. The fourth-order valence-corrected chi connectivity index (χ4v) is 3.12. The van der Waals surface area contributed by atoms with Crippen LogP contribution in [-0.4, -0.2) is 11.5 Å². The Labute approximate surface area is 113 Å². The summed E-state index contributed by atoms with van der Waals surface area (Å²) >= 11 is 1.78. The Bertz CT molecular complexity index is 511. The van der Waals surface area contributed by atoms with E-state index in [-0.39, 0.29) is 0 Å². The first-order chi connectivity index (χ1) is 8.58. The molecule has 96 valence electrons. The van der Waals surface area contributed by atoms with Gasteiger partial charge in [-0.05, 0) is 19.4 Å². The monoisotopic (exact) mass is 260 g/mol. The Morgan fingerprint density at radius 2 is 1.89 bits per heavy atom. The lowest BCUT2D eigenvalue weighted by atomic mass is 10.0. The van der Waals surface area contributed by atoms with Crippen LogP contribution in [0.3, 0.4) is 0 Å². The number of thiazole rings is 1. The van der Waals surface area contributed by atoms with Gasteiger partial charge in [0, 0.05) is 30.0 Å². The molecule has 0 saturated carbocycles. The molecule has 0 bridgehead atoms. The first-order valence-corrected chi connectivity index (χ1v) is 7.12. The van der Waals surface area contributed by atoms with E-state index in [0.29, 0.717) is 12.5 Å². The summed E-state index contributed by atoms with van der Waals surface area (Å²) in [6.07, 6.45) is 2.96. The zero-order valence-corrected chi connectivity index (χ0v) is 12.1. The van der Waals surface area contributed by atoms with E-state index in [1.165, 1.54) is 21.6 Å². The van der Waals surface area contributed by atoms with E-state index in [2.05, 4.69) is 44.0 Å². The van der Waals surface area contributed by atoms with Crippen molar-refractivity contribution >= 4 is 11.3 Å². The molecule has 0 radical (unpaired) electrons. The quantitative estimate of drug-likeness (QED) is 0.915. The summed E-state index contributed by atoms with van der Waals surface area (Å²) in [4.78, 5) is 5.78. The molecular weight excluding hydrogens is 240 g/mol. The number of rotatable bonds is 4. The minimum Gasteiger partial charge on any atom is -0.330 e. The van der Waals surface area contributed by atoms with Crippen LogP contribution in [0.15, 0.2) is 24.4 Å². The number of nitrogens with zero attached hydrogens (tertiary/aromatic N) is 1. The van der Waals surface area contributed by atoms with Crippen LogP contribution in [0.25, 0.3) is 0 Å². The van der Waals surface area contributed by atoms with Crippen LogP contribution in [0.5, 0.6) is 0 Å². The Hall–Kier alpha value is -1.19. The molecule has 1 unspecified atom stereocenters. The van der Waals surface area contributed by atoms with Gasteiger partial charge in [0.1, 0.15) is 0 Å². The topological polar surface area (TPSA) is 38.9 Å². The van der Waals surface area contributed by atoms with Crippen LogP contribution in [-0.2, 0) is 6.42 Å². The molecule has 0 amide bonds. The maximum absolute atomic E-state index is 5.67. The molecular formula is C15H20N2S. The van der Waals surface area contributed by atoms with Crippen LogP contribution in [0.2, 0.25) is 0 Å². The molecule has 0 spiro atoms. The fourth-order valence-electron chi connectivity index (χ4n) is 2.11. The highest BCUT2D eigenvalue weighted by Crippen LogP contribution is 2.23. The second kappa shape index (κ2) is 5.63. The molecule has 2 aromatic rings. The van der Waals surface area contributed by atoms with Gasteiger partial charge in [0.05, 0.1) is 5.01 Å². The van der Waals surface area contributed by atoms with Crippen molar-refractivity contribution in [3.8, 4) is 0 Å². The third-order valence-corrected chi connectivity index (χ3v) is 4.24. The van der Waals surface area contributed by atoms with E-state index in [0.717, 1.165) is 11.4 Å². The molecule has 2 N–H and O–H groups in total. The summed E-state index contributed by atoms with van der Waals surface area (Å²) in [5.74, 6) is 0.364. The summed E-state index contributed by atoms with van der Waals surface area (Å²) in [6, 6.07) is 6.70. The molecule has 18 heavy (non-hydrogen) atoms. The highest BCUT2D eigenvalue weighted by Gasteiger charge is 2.09. The van der Waals surface area contributed by atoms with E-state index in [1.807, 2.05) is 6.20 Å². The maximum Gasteiger partial charge on any atom is 0.0968 e. The van der Waals surface area contributed by atoms with Crippen LogP contribution in [0.1, 0.15) is 39.4 Å². The van der Waals surface area contributed by atoms with Crippen molar-refractivity contribution in [3.63, 3.8) is 0 Å². The minimum absolute atomic E-state index is 0.364. The summed E-state index contributed by atoms with van der Waals surface area (Å²) in [7, 11) is 0. The zero-order chi connectivity index (χ0) is 13.1. The Balaban J connectivity index is 2.16. The second-order valence-electron chi connectivity index (χ2n) is 4.97. The van der Waals surface area contributed by atoms with Crippen molar-refractivity contribution in [2.24, 2.45) is 5.73 Å². The average Bonchev–Trinajstić information content (AvgIpc) is 2.75. The molecule has 0 aliphatic heterocycles. The average molecular weight is 260 g/mol. The molecule has 1 aromatic heterocycles. The normalized spacial score (nSPS) is 12.7. The highest BCUT2D eigenvalue weighted by atomic mass is 32.1. The Morgan fingerprint density at radius 1 is 1.22 bits per heavy atom. The summed E-state index contributed by atoms with van der Waals surface area (Å²) < 4.78 is 0. The first kappa shape index (κ1) is 13.2. The molecule has 1 atom stereocenters. The van der Waals surface area contributed by atoms with Crippen molar-refractivity contribution in [1.29, 1.82) is 0 Å². The minimum atomic E-state index is 0.364. The van der Waals surface area contributed by atoms with Gasteiger partial charge in [0.15, 0.2) is 0 Å². The zero-order valence-electron chi connectivity index (χ0n) is 11.2. The number of aryl methyl sites for hydroxylation is 2. The molecule has 0 aliphatic rings. The van der Waals surface area contributed by atoms with Gasteiger partial charge in [-0.25, -0.2) is 4.98 Å². The van der Waals surface area contributed by atoms with Crippen LogP contribution in [0.4, 0.5) is 0 Å². The van der Waals surface area contributed by atoms with Crippen molar-refractivity contribution in [3.05, 3.63) is 51.0 Å². The van der Waals surface area contributed by atoms with Crippen molar-refractivity contribution in [1.82, 2.24) is 4.98 Å². The molecule has 2 nitrogen and oxygen atoms in total. The first-order valence-electron chi connectivity index (χ1n) is 6.30. The number of benzene rings is 1. The molecule has 2 rings (SSSR count). The maximum atomic E-state index is 5.67.